The van der Waals surface area contributed by atoms with E-state index in [1.807, 2.05) is 0 Å². The molecule has 2 N–H and O–H groups in total. The SMILES string of the molecule is Cc1cc(C)c(C)c(C(CC(N)=O)C2CC2)c1C. The van der Waals surface area contributed by atoms with E-state index in [-0.39, 0.29) is 5.91 Å². The van der Waals surface area contributed by atoms with Gasteiger partial charge in [-0.1, -0.05) is 6.07 Å². The number of hydrogen-bond donors (Lipinski definition) is 1. The van der Waals surface area contributed by atoms with Gasteiger partial charge in [0.15, 0.2) is 0 Å². The van der Waals surface area contributed by atoms with Gasteiger partial charge in [0.05, 0.1) is 0 Å². The van der Waals surface area contributed by atoms with Crippen molar-refractivity contribution in [2.24, 2.45) is 11.7 Å². The minimum Gasteiger partial charge on any atom is -0.370 e. The van der Waals surface area contributed by atoms with Gasteiger partial charge in [-0.2, -0.15) is 0 Å². The van der Waals surface area contributed by atoms with Crippen molar-refractivity contribution >= 4 is 5.91 Å². The Labute approximate surface area is 110 Å². The summed E-state index contributed by atoms with van der Waals surface area (Å²) in [4.78, 5) is 11.3. The van der Waals surface area contributed by atoms with E-state index in [1.165, 1.54) is 40.7 Å². The molecule has 0 heterocycles. The van der Waals surface area contributed by atoms with E-state index >= 15 is 0 Å². The molecule has 1 atom stereocenters. The van der Waals surface area contributed by atoms with Gasteiger partial charge in [-0.05, 0) is 80.2 Å². The molecule has 2 heteroatoms. The van der Waals surface area contributed by atoms with Crippen LogP contribution in [0, 0.1) is 33.6 Å². The van der Waals surface area contributed by atoms with Crippen molar-refractivity contribution in [1.82, 2.24) is 0 Å². The zero-order chi connectivity index (χ0) is 13.4. The average Bonchev–Trinajstić information content (AvgIpc) is 3.08. The van der Waals surface area contributed by atoms with Crippen molar-refractivity contribution < 1.29 is 4.79 Å². The van der Waals surface area contributed by atoms with E-state index in [1.54, 1.807) is 0 Å². The third-order valence-corrected chi connectivity index (χ3v) is 4.41. The van der Waals surface area contributed by atoms with Gasteiger partial charge in [0.2, 0.25) is 5.91 Å². The molecule has 98 valence electrons. The lowest BCUT2D eigenvalue weighted by atomic mass is 9.82. The van der Waals surface area contributed by atoms with Crippen LogP contribution in [-0.4, -0.2) is 5.91 Å². The second-order valence-electron chi connectivity index (χ2n) is 5.79. The van der Waals surface area contributed by atoms with Crippen LogP contribution < -0.4 is 5.73 Å². The topological polar surface area (TPSA) is 43.1 Å². The molecule has 0 aromatic heterocycles. The third-order valence-electron chi connectivity index (χ3n) is 4.41. The highest BCUT2D eigenvalue weighted by Gasteiger charge is 2.35. The summed E-state index contributed by atoms with van der Waals surface area (Å²) in [6, 6.07) is 2.24. The first-order valence-electron chi connectivity index (χ1n) is 6.77. The summed E-state index contributed by atoms with van der Waals surface area (Å²) < 4.78 is 0. The summed E-state index contributed by atoms with van der Waals surface area (Å²) in [5.74, 6) is 0.821. The van der Waals surface area contributed by atoms with Gasteiger partial charge in [-0.3, -0.25) is 4.79 Å². The van der Waals surface area contributed by atoms with Gasteiger partial charge in [-0.15, -0.1) is 0 Å². The Kier molecular flexibility index (Phi) is 3.47. The fraction of sp³-hybridized carbons (Fsp3) is 0.562. The standard InChI is InChI=1S/C16H23NO/c1-9-7-10(2)12(4)16(11(9)3)14(8-15(17)18)13-5-6-13/h7,13-14H,5-6,8H2,1-4H3,(H2,17,18). The summed E-state index contributed by atoms with van der Waals surface area (Å²) in [5.41, 5.74) is 12.1. The number of benzene rings is 1. The Morgan fingerprint density at radius 3 is 2.11 bits per heavy atom. The molecular formula is C16H23NO. The molecule has 18 heavy (non-hydrogen) atoms. The third kappa shape index (κ3) is 2.43. The van der Waals surface area contributed by atoms with Crippen molar-refractivity contribution in [1.29, 1.82) is 0 Å². The lowest BCUT2D eigenvalue weighted by molar-refractivity contribution is -0.118. The van der Waals surface area contributed by atoms with Crippen LogP contribution in [0.15, 0.2) is 6.07 Å². The molecule has 1 aliphatic carbocycles. The van der Waals surface area contributed by atoms with Crippen LogP contribution in [-0.2, 0) is 4.79 Å². The van der Waals surface area contributed by atoms with Crippen LogP contribution in [0.25, 0.3) is 0 Å². The van der Waals surface area contributed by atoms with Gasteiger partial charge in [0.25, 0.3) is 0 Å². The highest BCUT2D eigenvalue weighted by Crippen LogP contribution is 2.47. The minimum absolute atomic E-state index is 0.176. The second kappa shape index (κ2) is 4.75. The second-order valence-corrected chi connectivity index (χ2v) is 5.79. The molecule has 0 saturated heterocycles. The van der Waals surface area contributed by atoms with Crippen LogP contribution >= 0.6 is 0 Å². The van der Waals surface area contributed by atoms with Crippen molar-refractivity contribution in [2.75, 3.05) is 0 Å². The molecule has 1 aromatic carbocycles. The molecule has 2 rings (SSSR count). The zero-order valence-electron chi connectivity index (χ0n) is 11.8. The summed E-state index contributed by atoms with van der Waals surface area (Å²) in [6.07, 6.45) is 2.98. The zero-order valence-corrected chi connectivity index (χ0v) is 11.8. The molecule has 0 aliphatic heterocycles. The molecule has 1 saturated carbocycles. The van der Waals surface area contributed by atoms with Crippen LogP contribution in [0.5, 0.6) is 0 Å². The lowest BCUT2D eigenvalue weighted by Crippen LogP contribution is -2.18. The first-order valence-corrected chi connectivity index (χ1v) is 6.77. The molecule has 1 aliphatic rings. The molecule has 1 unspecified atom stereocenters. The Morgan fingerprint density at radius 2 is 1.72 bits per heavy atom. The number of carbonyl (C=O) groups is 1. The van der Waals surface area contributed by atoms with Crippen molar-refractivity contribution in [3.05, 3.63) is 33.9 Å². The van der Waals surface area contributed by atoms with Crippen LogP contribution in [0.1, 0.15) is 53.0 Å². The Bertz CT molecular complexity index is 460. The number of aryl methyl sites for hydroxylation is 2. The van der Waals surface area contributed by atoms with E-state index in [0.29, 0.717) is 18.3 Å². The molecule has 2 nitrogen and oxygen atoms in total. The summed E-state index contributed by atoms with van der Waals surface area (Å²) >= 11 is 0. The van der Waals surface area contributed by atoms with Crippen LogP contribution in [0.4, 0.5) is 0 Å². The van der Waals surface area contributed by atoms with E-state index in [2.05, 4.69) is 33.8 Å². The van der Waals surface area contributed by atoms with E-state index in [4.69, 9.17) is 5.73 Å². The number of amides is 1. The van der Waals surface area contributed by atoms with Gasteiger partial charge >= 0.3 is 0 Å². The molecule has 1 fully saturated rings. The molecular weight excluding hydrogens is 222 g/mol. The number of nitrogens with two attached hydrogens (primary N) is 1. The maximum Gasteiger partial charge on any atom is 0.218 e. The van der Waals surface area contributed by atoms with Gasteiger partial charge in [0, 0.05) is 6.42 Å². The number of hydrogen-bond acceptors (Lipinski definition) is 1. The Balaban J connectivity index is 2.49. The minimum atomic E-state index is -0.176. The Hall–Kier alpha value is -1.31. The smallest absolute Gasteiger partial charge is 0.218 e. The van der Waals surface area contributed by atoms with Crippen molar-refractivity contribution in [3.63, 3.8) is 0 Å². The molecule has 0 bridgehead atoms. The molecule has 0 spiro atoms. The maximum absolute atomic E-state index is 11.3. The van der Waals surface area contributed by atoms with E-state index in [9.17, 15) is 4.79 Å². The average molecular weight is 245 g/mol. The van der Waals surface area contributed by atoms with E-state index in [0.717, 1.165) is 0 Å². The highest BCUT2D eigenvalue weighted by atomic mass is 16.1. The van der Waals surface area contributed by atoms with Crippen LogP contribution in [0.3, 0.4) is 0 Å². The predicted molar refractivity (Wildman–Crippen MR) is 74.7 cm³/mol. The highest BCUT2D eigenvalue weighted by molar-refractivity contribution is 5.75. The first-order chi connectivity index (χ1) is 8.41. The van der Waals surface area contributed by atoms with E-state index < -0.39 is 0 Å². The quantitative estimate of drug-likeness (QED) is 0.869. The number of rotatable bonds is 4. The van der Waals surface area contributed by atoms with Crippen molar-refractivity contribution in [3.8, 4) is 0 Å². The van der Waals surface area contributed by atoms with Gasteiger partial charge < -0.3 is 5.73 Å². The van der Waals surface area contributed by atoms with Crippen molar-refractivity contribution in [2.45, 2.75) is 52.9 Å². The normalized spacial score (nSPS) is 16.7. The first kappa shape index (κ1) is 13.1. The number of carbonyl (C=O) groups excluding carboxylic acids is 1. The van der Waals surface area contributed by atoms with Gasteiger partial charge in [-0.25, -0.2) is 0 Å². The molecule has 1 aromatic rings. The monoisotopic (exact) mass is 245 g/mol. The lowest BCUT2D eigenvalue weighted by Gasteiger charge is -2.23. The summed E-state index contributed by atoms with van der Waals surface area (Å²) in [5, 5.41) is 0. The fourth-order valence-corrected chi connectivity index (χ4v) is 3.02. The molecule has 0 radical (unpaired) electrons. The largest absolute Gasteiger partial charge is 0.370 e. The fourth-order valence-electron chi connectivity index (χ4n) is 3.02. The Morgan fingerprint density at radius 1 is 1.22 bits per heavy atom. The number of primary amides is 1. The maximum atomic E-state index is 11.3. The van der Waals surface area contributed by atoms with Gasteiger partial charge in [0.1, 0.15) is 0 Å². The summed E-state index contributed by atoms with van der Waals surface area (Å²) in [6.45, 7) is 8.65. The summed E-state index contributed by atoms with van der Waals surface area (Å²) in [7, 11) is 0. The predicted octanol–water partition coefficient (Wildman–Crippen LogP) is 3.29. The molecule has 1 amide bonds. The van der Waals surface area contributed by atoms with Crippen LogP contribution in [0.2, 0.25) is 0 Å².